The van der Waals surface area contributed by atoms with Crippen LogP contribution in [0.2, 0.25) is 0 Å². The SMILES string of the molecule is CCOc1cccc(C2Nc3ccccc3NC3=C2C(=O)CC(c2cc(OC)c(OC)c(OC)c2)C3)c1. The number of ether oxygens (including phenoxy) is 4. The van der Waals surface area contributed by atoms with E-state index in [0.29, 0.717) is 36.7 Å². The highest BCUT2D eigenvalue weighted by molar-refractivity contribution is 6.01. The van der Waals surface area contributed by atoms with E-state index in [1.54, 1.807) is 21.3 Å². The zero-order valence-electron chi connectivity index (χ0n) is 21.6. The van der Waals surface area contributed by atoms with Gasteiger partial charge in [-0.1, -0.05) is 24.3 Å². The van der Waals surface area contributed by atoms with Crippen molar-refractivity contribution in [2.24, 2.45) is 0 Å². The first-order valence-electron chi connectivity index (χ1n) is 12.5. The third kappa shape index (κ3) is 4.69. The Labute approximate surface area is 217 Å². The summed E-state index contributed by atoms with van der Waals surface area (Å²) in [6.07, 6.45) is 1.04. The molecule has 0 aromatic heterocycles. The minimum Gasteiger partial charge on any atom is -0.494 e. The predicted molar refractivity (Wildman–Crippen MR) is 144 cm³/mol. The van der Waals surface area contributed by atoms with E-state index >= 15 is 0 Å². The number of para-hydroxylation sites is 2. The maximum Gasteiger partial charge on any atom is 0.203 e. The van der Waals surface area contributed by atoms with Crippen molar-refractivity contribution in [2.75, 3.05) is 38.6 Å². The summed E-state index contributed by atoms with van der Waals surface area (Å²) in [7, 11) is 4.79. The van der Waals surface area contributed by atoms with Crippen molar-refractivity contribution in [3.63, 3.8) is 0 Å². The zero-order chi connectivity index (χ0) is 25.9. The van der Waals surface area contributed by atoms with Gasteiger partial charge in [0, 0.05) is 17.7 Å². The smallest absolute Gasteiger partial charge is 0.203 e. The first-order valence-corrected chi connectivity index (χ1v) is 12.5. The number of ketones is 1. The number of hydrogen-bond donors (Lipinski definition) is 2. The lowest BCUT2D eigenvalue weighted by Crippen LogP contribution is -2.27. The second-order valence-electron chi connectivity index (χ2n) is 9.13. The molecule has 0 saturated carbocycles. The Bertz CT molecular complexity index is 1320. The molecule has 3 aromatic carbocycles. The molecule has 192 valence electrons. The predicted octanol–water partition coefficient (Wildman–Crippen LogP) is 6.09. The third-order valence-corrected chi connectivity index (χ3v) is 6.97. The fourth-order valence-electron chi connectivity index (χ4n) is 5.27. The van der Waals surface area contributed by atoms with Crippen molar-refractivity contribution >= 4 is 17.2 Å². The van der Waals surface area contributed by atoms with E-state index in [-0.39, 0.29) is 17.7 Å². The molecular weight excluding hydrogens is 468 g/mol. The van der Waals surface area contributed by atoms with Gasteiger partial charge in [-0.05, 0) is 66.8 Å². The number of hydrogen-bond acceptors (Lipinski definition) is 7. The van der Waals surface area contributed by atoms with Crippen LogP contribution in [-0.4, -0.2) is 33.7 Å². The summed E-state index contributed by atoms with van der Waals surface area (Å²) >= 11 is 0. The van der Waals surface area contributed by atoms with E-state index in [1.807, 2.05) is 67.6 Å². The molecule has 3 aromatic rings. The van der Waals surface area contributed by atoms with Crippen LogP contribution in [0.5, 0.6) is 23.0 Å². The van der Waals surface area contributed by atoms with Gasteiger partial charge in [-0.25, -0.2) is 0 Å². The Morgan fingerprint density at radius 3 is 2.24 bits per heavy atom. The molecule has 5 rings (SSSR count). The topological polar surface area (TPSA) is 78.1 Å². The van der Waals surface area contributed by atoms with E-state index in [2.05, 4.69) is 10.6 Å². The van der Waals surface area contributed by atoms with Crippen LogP contribution in [0.3, 0.4) is 0 Å². The zero-order valence-corrected chi connectivity index (χ0v) is 21.6. The van der Waals surface area contributed by atoms with Crippen LogP contribution in [0.1, 0.15) is 42.9 Å². The molecular formula is C30H32N2O5. The molecule has 0 saturated heterocycles. The van der Waals surface area contributed by atoms with Gasteiger partial charge in [-0.2, -0.15) is 0 Å². The van der Waals surface area contributed by atoms with Crippen molar-refractivity contribution in [3.05, 3.63) is 83.1 Å². The molecule has 2 atom stereocenters. The second-order valence-corrected chi connectivity index (χ2v) is 9.13. The number of nitrogens with one attached hydrogen (secondary N) is 2. The molecule has 2 unspecified atom stereocenters. The van der Waals surface area contributed by atoms with E-state index in [9.17, 15) is 4.79 Å². The van der Waals surface area contributed by atoms with Gasteiger partial charge < -0.3 is 29.6 Å². The Hall–Kier alpha value is -4.13. The second kappa shape index (κ2) is 10.5. The molecule has 0 radical (unpaired) electrons. The molecule has 1 aliphatic heterocycles. The number of fused-ring (bicyclic) bond motifs is 1. The van der Waals surface area contributed by atoms with Crippen molar-refractivity contribution in [1.82, 2.24) is 0 Å². The van der Waals surface area contributed by atoms with Crippen LogP contribution >= 0.6 is 0 Å². The Balaban J connectivity index is 1.59. The number of Topliss-reactive ketones (excluding diaryl/α,β-unsaturated/α-hetero) is 1. The van der Waals surface area contributed by atoms with Crippen molar-refractivity contribution < 1.29 is 23.7 Å². The van der Waals surface area contributed by atoms with Gasteiger partial charge >= 0.3 is 0 Å². The van der Waals surface area contributed by atoms with Gasteiger partial charge in [-0.15, -0.1) is 0 Å². The molecule has 1 aliphatic carbocycles. The monoisotopic (exact) mass is 500 g/mol. The number of carbonyl (C=O) groups excluding carboxylic acids is 1. The van der Waals surface area contributed by atoms with Gasteiger partial charge in [0.1, 0.15) is 5.75 Å². The van der Waals surface area contributed by atoms with Gasteiger partial charge in [0.25, 0.3) is 0 Å². The fourth-order valence-corrected chi connectivity index (χ4v) is 5.27. The Morgan fingerprint density at radius 1 is 0.838 bits per heavy atom. The highest BCUT2D eigenvalue weighted by Crippen LogP contribution is 2.47. The fraction of sp³-hybridized carbons (Fsp3) is 0.300. The number of anilines is 2. The molecule has 2 aliphatic rings. The summed E-state index contributed by atoms with van der Waals surface area (Å²) in [4.78, 5) is 13.9. The van der Waals surface area contributed by atoms with Crippen LogP contribution < -0.4 is 29.6 Å². The molecule has 0 bridgehead atoms. The lowest BCUT2D eigenvalue weighted by molar-refractivity contribution is -0.116. The number of benzene rings is 3. The van der Waals surface area contributed by atoms with Crippen LogP contribution in [0.25, 0.3) is 0 Å². The van der Waals surface area contributed by atoms with E-state index < -0.39 is 0 Å². The summed E-state index contributed by atoms with van der Waals surface area (Å²) in [6.45, 7) is 2.54. The number of carbonyl (C=O) groups is 1. The maximum atomic E-state index is 13.9. The minimum absolute atomic E-state index is 0.0480. The van der Waals surface area contributed by atoms with Crippen molar-refractivity contribution in [1.29, 1.82) is 0 Å². The summed E-state index contributed by atoms with van der Waals surface area (Å²) < 4.78 is 22.4. The third-order valence-electron chi connectivity index (χ3n) is 6.97. The summed E-state index contributed by atoms with van der Waals surface area (Å²) in [5.41, 5.74) is 5.51. The lowest BCUT2D eigenvalue weighted by atomic mass is 9.78. The quantitative estimate of drug-likeness (QED) is 0.406. The first-order chi connectivity index (χ1) is 18.1. The maximum absolute atomic E-state index is 13.9. The summed E-state index contributed by atoms with van der Waals surface area (Å²) in [6, 6.07) is 19.6. The Kier molecular flexibility index (Phi) is 6.95. The number of methoxy groups -OCH3 is 3. The van der Waals surface area contributed by atoms with Crippen LogP contribution in [-0.2, 0) is 4.79 Å². The van der Waals surface area contributed by atoms with Gasteiger partial charge in [0.15, 0.2) is 17.3 Å². The summed E-state index contributed by atoms with van der Waals surface area (Å²) in [5.74, 6) is 2.53. The van der Waals surface area contributed by atoms with Crippen molar-refractivity contribution in [2.45, 2.75) is 31.7 Å². The molecule has 37 heavy (non-hydrogen) atoms. The normalized spacial score (nSPS) is 18.5. The standard InChI is InChI=1S/C30H32N2O5/c1-5-37-21-10-8-9-18(13-21)29-28-24(31-22-11-6-7-12-23(22)32-29)14-19(15-25(28)33)20-16-26(34-2)30(36-4)27(17-20)35-3/h6-13,16-17,19,29,31-32H,5,14-15H2,1-4H3. The number of rotatable bonds is 7. The van der Waals surface area contributed by atoms with Gasteiger partial charge in [0.05, 0.1) is 45.4 Å². The van der Waals surface area contributed by atoms with E-state index in [4.69, 9.17) is 18.9 Å². The molecule has 2 N–H and O–H groups in total. The van der Waals surface area contributed by atoms with Crippen LogP contribution in [0.4, 0.5) is 11.4 Å². The molecule has 1 heterocycles. The lowest BCUT2D eigenvalue weighted by Gasteiger charge is -2.30. The van der Waals surface area contributed by atoms with Crippen LogP contribution in [0, 0.1) is 0 Å². The highest BCUT2D eigenvalue weighted by Gasteiger charge is 2.36. The Morgan fingerprint density at radius 2 is 1.57 bits per heavy atom. The molecule has 0 spiro atoms. The highest BCUT2D eigenvalue weighted by atomic mass is 16.5. The average molecular weight is 501 g/mol. The van der Waals surface area contributed by atoms with Gasteiger partial charge in [-0.3, -0.25) is 4.79 Å². The largest absolute Gasteiger partial charge is 0.494 e. The molecule has 7 nitrogen and oxygen atoms in total. The molecule has 0 fully saturated rings. The molecule has 7 heteroatoms. The van der Waals surface area contributed by atoms with Crippen LogP contribution in [0.15, 0.2) is 71.9 Å². The van der Waals surface area contributed by atoms with E-state index in [1.165, 1.54) is 0 Å². The number of allylic oxidation sites excluding steroid dienone is 1. The first kappa shape index (κ1) is 24.6. The van der Waals surface area contributed by atoms with E-state index in [0.717, 1.165) is 39.5 Å². The van der Waals surface area contributed by atoms with Gasteiger partial charge in [0.2, 0.25) is 5.75 Å². The average Bonchev–Trinajstić information content (AvgIpc) is 3.09. The summed E-state index contributed by atoms with van der Waals surface area (Å²) in [5, 5.41) is 7.22. The minimum atomic E-state index is -0.306. The molecule has 0 amide bonds. The van der Waals surface area contributed by atoms with Crippen molar-refractivity contribution in [3.8, 4) is 23.0 Å².